The van der Waals surface area contributed by atoms with E-state index in [0.29, 0.717) is 11.4 Å². The van der Waals surface area contributed by atoms with Gasteiger partial charge >= 0.3 is 0 Å². The van der Waals surface area contributed by atoms with E-state index < -0.39 is 10.0 Å². The molecule has 8 heteroatoms. The molecule has 134 valence electrons. The Morgan fingerprint density at radius 3 is 2.80 bits per heavy atom. The second kappa shape index (κ2) is 6.53. The second-order valence-corrected chi connectivity index (χ2v) is 7.99. The zero-order valence-electron chi connectivity index (χ0n) is 14.2. The minimum Gasteiger partial charge on any atom is -0.399 e. The molecule has 1 heterocycles. The topological polar surface area (TPSA) is 106 Å². The van der Waals surface area contributed by atoms with E-state index in [0.717, 1.165) is 30.4 Å². The van der Waals surface area contributed by atoms with E-state index >= 15 is 0 Å². The van der Waals surface area contributed by atoms with Gasteiger partial charge in [-0.2, -0.15) is 0 Å². The number of anilines is 1. The minimum atomic E-state index is -3.74. The van der Waals surface area contributed by atoms with Crippen LogP contribution in [0.1, 0.15) is 40.5 Å². The molecule has 0 saturated heterocycles. The predicted octanol–water partition coefficient (Wildman–Crippen LogP) is 1.32. The van der Waals surface area contributed by atoms with Crippen LogP contribution in [0, 0.1) is 0 Å². The van der Waals surface area contributed by atoms with Crippen LogP contribution in [0.2, 0.25) is 0 Å². The normalized spacial score (nSPS) is 17.1. The third-order valence-electron chi connectivity index (χ3n) is 4.53. The van der Waals surface area contributed by atoms with Gasteiger partial charge < -0.3 is 15.6 Å². The highest BCUT2D eigenvalue weighted by atomic mass is 32.2. The number of benzene rings is 1. The van der Waals surface area contributed by atoms with Crippen molar-refractivity contribution in [3.8, 4) is 0 Å². The summed E-state index contributed by atoms with van der Waals surface area (Å²) >= 11 is 0. The summed E-state index contributed by atoms with van der Waals surface area (Å²) in [6, 6.07) is 6.67. The summed E-state index contributed by atoms with van der Waals surface area (Å²) in [5, 5.41) is 2.50. The van der Waals surface area contributed by atoms with E-state index in [2.05, 4.69) is 10.0 Å². The first-order valence-electron chi connectivity index (χ1n) is 8.11. The monoisotopic (exact) mass is 362 g/mol. The summed E-state index contributed by atoms with van der Waals surface area (Å²) in [4.78, 5) is 11.9. The van der Waals surface area contributed by atoms with Gasteiger partial charge in [-0.15, -0.1) is 0 Å². The van der Waals surface area contributed by atoms with Crippen molar-refractivity contribution in [1.29, 1.82) is 0 Å². The third kappa shape index (κ3) is 3.40. The molecule has 0 bridgehead atoms. The lowest BCUT2D eigenvalue weighted by molar-refractivity contribution is 0.0955. The number of hydrogen-bond acceptors (Lipinski definition) is 4. The van der Waals surface area contributed by atoms with Crippen molar-refractivity contribution in [3.05, 3.63) is 47.3 Å². The molecule has 1 aliphatic carbocycles. The molecule has 25 heavy (non-hydrogen) atoms. The number of aromatic nitrogens is 1. The average molecular weight is 362 g/mol. The lowest BCUT2D eigenvalue weighted by atomic mass is 9.88. The van der Waals surface area contributed by atoms with Gasteiger partial charge in [-0.05, 0) is 48.6 Å². The van der Waals surface area contributed by atoms with Crippen molar-refractivity contribution in [2.24, 2.45) is 7.05 Å². The van der Waals surface area contributed by atoms with E-state index in [1.165, 1.54) is 23.9 Å². The average Bonchev–Trinajstić information content (AvgIpc) is 2.96. The quantitative estimate of drug-likeness (QED) is 0.713. The lowest BCUT2D eigenvalue weighted by Gasteiger charge is -2.26. The molecule has 1 atom stereocenters. The van der Waals surface area contributed by atoms with E-state index in [9.17, 15) is 13.2 Å². The smallest absolute Gasteiger partial charge is 0.267 e. The molecule has 4 N–H and O–H groups in total. The maximum atomic E-state index is 12.8. The molecule has 0 radical (unpaired) electrons. The summed E-state index contributed by atoms with van der Waals surface area (Å²) in [6.45, 7) is 0. The molecule has 0 fully saturated rings. The summed E-state index contributed by atoms with van der Waals surface area (Å²) in [7, 11) is -0.591. The summed E-state index contributed by atoms with van der Waals surface area (Å²) < 4.78 is 29.8. The van der Waals surface area contributed by atoms with Crippen molar-refractivity contribution in [2.45, 2.75) is 30.2 Å². The third-order valence-corrected chi connectivity index (χ3v) is 5.97. The van der Waals surface area contributed by atoms with E-state index in [1.54, 1.807) is 13.1 Å². The standard InChI is InChI=1S/C17H22N4O3S/c1-19-17(22)16-9-13(10-21(16)2)25(23,24)20-15-5-3-4-11-8-12(18)6-7-14(11)15/h6-10,15,20H,3-5,18H2,1-2H3,(H,19,22). The van der Waals surface area contributed by atoms with Gasteiger partial charge in [0, 0.05) is 32.0 Å². The Morgan fingerprint density at radius 2 is 2.08 bits per heavy atom. The van der Waals surface area contributed by atoms with Crippen LogP contribution in [0.15, 0.2) is 35.4 Å². The number of carbonyl (C=O) groups excluding carboxylic acids is 1. The fraction of sp³-hybridized carbons (Fsp3) is 0.353. The highest BCUT2D eigenvalue weighted by Crippen LogP contribution is 2.32. The number of sulfonamides is 1. The van der Waals surface area contributed by atoms with Gasteiger partial charge in [0.25, 0.3) is 5.91 Å². The molecule has 1 aromatic heterocycles. The van der Waals surface area contributed by atoms with Gasteiger partial charge in [-0.3, -0.25) is 4.79 Å². The Balaban J connectivity index is 1.90. The number of hydrogen-bond donors (Lipinski definition) is 3. The zero-order chi connectivity index (χ0) is 18.2. The predicted molar refractivity (Wildman–Crippen MR) is 95.7 cm³/mol. The van der Waals surface area contributed by atoms with Crippen LogP contribution in [0.3, 0.4) is 0 Å². The molecule has 1 aliphatic rings. The molecule has 0 saturated carbocycles. The van der Waals surface area contributed by atoms with Gasteiger partial charge in [0.05, 0.1) is 0 Å². The Kier molecular flexibility index (Phi) is 4.57. The molecule has 3 rings (SSSR count). The first kappa shape index (κ1) is 17.5. The van der Waals surface area contributed by atoms with Crippen LogP contribution in [0.4, 0.5) is 5.69 Å². The number of nitrogen functional groups attached to an aromatic ring is 1. The van der Waals surface area contributed by atoms with Crippen LogP contribution in [-0.2, 0) is 23.5 Å². The Hall–Kier alpha value is -2.32. The zero-order valence-corrected chi connectivity index (χ0v) is 15.1. The van der Waals surface area contributed by atoms with E-state index in [1.807, 2.05) is 12.1 Å². The maximum absolute atomic E-state index is 12.8. The molecular formula is C17H22N4O3S. The fourth-order valence-corrected chi connectivity index (χ4v) is 4.57. The molecular weight excluding hydrogens is 340 g/mol. The summed E-state index contributed by atoms with van der Waals surface area (Å²) in [5.74, 6) is -0.331. The number of carbonyl (C=O) groups is 1. The van der Waals surface area contributed by atoms with Crippen molar-refractivity contribution < 1.29 is 13.2 Å². The Bertz CT molecular complexity index is 918. The second-order valence-electron chi connectivity index (χ2n) is 6.28. The highest BCUT2D eigenvalue weighted by Gasteiger charge is 2.27. The van der Waals surface area contributed by atoms with E-state index in [-0.39, 0.29) is 16.8 Å². The number of amides is 1. The highest BCUT2D eigenvalue weighted by molar-refractivity contribution is 7.89. The molecule has 7 nitrogen and oxygen atoms in total. The number of nitrogens with one attached hydrogen (secondary N) is 2. The van der Waals surface area contributed by atoms with Gasteiger partial charge in [0.15, 0.2) is 0 Å². The first-order chi connectivity index (χ1) is 11.8. The molecule has 1 unspecified atom stereocenters. The minimum absolute atomic E-state index is 0.0798. The fourth-order valence-electron chi connectivity index (χ4n) is 3.25. The maximum Gasteiger partial charge on any atom is 0.267 e. The van der Waals surface area contributed by atoms with Crippen LogP contribution < -0.4 is 15.8 Å². The molecule has 1 aromatic carbocycles. The number of fused-ring (bicyclic) bond motifs is 1. The van der Waals surface area contributed by atoms with Crippen molar-refractivity contribution in [2.75, 3.05) is 12.8 Å². The van der Waals surface area contributed by atoms with Crippen LogP contribution in [-0.4, -0.2) is 25.9 Å². The molecule has 0 spiro atoms. The van der Waals surface area contributed by atoms with E-state index in [4.69, 9.17) is 5.73 Å². The molecule has 0 aliphatic heterocycles. The SMILES string of the molecule is CNC(=O)c1cc(S(=O)(=O)NC2CCCc3cc(N)ccc32)cn1C. The first-order valence-corrected chi connectivity index (χ1v) is 9.59. The van der Waals surface area contributed by atoms with Crippen LogP contribution in [0.25, 0.3) is 0 Å². The lowest BCUT2D eigenvalue weighted by Crippen LogP contribution is -2.31. The van der Waals surface area contributed by atoms with Crippen molar-refractivity contribution >= 4 is 21.6 Å². The summed E-state index contributed by atoms with van der Waals surface area (Å²) in [6.07, 6.45) is 3.96. The largest absolute Gasteiger partial charge is 0.399 e. The number of rotatable bonds is 4. The van der Waals surface area contributed by atoms with Gasteiger partial charge in [0.1, 0.15) is 10.6 Å². The molecule has 2 aromatic rings. The van der Waals surface area contributed by atoms with Crippen LogP contribution in [0.5, 0.6) is 0 Å². The van der Waals surface area contributed by atoms with Crippen molar-refractivity contribution in [3.63, 3.8) is 0 Å². The number of aryl methyl sites for hydroxylation is 2. The van der Waals surface area contributed by atoms with Gasteiger partial charge in [-0.25, -0.2) is 13.1 Å². The van der Waals surface area contributed by atoms with Crippen molar-refractivity contribution in [1.82, 2.24) is 14.6 Å². The Morgan fingerprint density at radius 1 is 1.32 bits per heavy atom. The number of nitrogens with zero attached hydrogens (tertiary/aromatic N) is 1. The van der Waals surface area contributed by atoms with Gasteiger partial charge in [0.2, 0.25) is 10.0 Å². The Labute approximate surface area is 147 Å². The molecule has 1 amide bonds. The van der Waals surface area contributed by atoms with Crippen LogP contribution >= 0.6 is 0 Å². The van der Waals surface area contributed by atoms with Gasteiger partial charge in [-0.1, -0.05) is 6.07 Å². The summed E-state index contributed by atoms with van der Waals surface area (Å²) in [5.41, 5.74) is 8.85. The number of nitrogens with two attached hydrogens (primary N) is 1.